The number of nitrogens with zero attached hydrogens (tertiary/aromatic N) is 2. The van der Waals surface area contributed by atoms with Crippen LogP contribution in [0.1, 0.15) is 69.4 Å². The van der Waals surface area contributed by atoms with Crippen molar-refractivity contribution in [3.63, 3.8) is 0 Å². The van der Waals surface area contributed by atoms with Crippen molar-refractivity contribution in [3.05, 3.63) is 17.0 Å². The van der Waals surface area contributed by atoms with Crippen molar-refractivity contribution in [2.75, 3.05) is 6.54 Å². The zero-order chi connectivity index (χ0) is 14.9. The lowest BCUT2D eigenvalue weighted by Crippen LogP contribution is -2.44. The quantitative estimate of drug-likeness (QED) is 0.903. The molecule has 0 spiro atoms. The van der Waals surface area contributed by atoms with Gasteiger partial charge in [0.15, 0.2) is 0 Å². The van der Waals surface area contributed by atoms with Gasteiger partial charge in [-0.05, 0) is 64.0 Å². The van der Waals surface area contributed by atoms with E-state index in [0.29, 0.717) is 17.5 Å². The van der Waals surface area contributed by atoms with Crippen LogP contribution in [0.15, 0.2) is 0 Å². The van der Waals surface area contributed by atoms with Gasteiger partial charge < -0.3 is 5.32 Å². The van der Waals surface area contributed by atoms with E-state index < -0.39 is 0 Å². The van der Waals surface area contributed by atoms with Crippen LogP contribution in [0, 0.1) is 26.2 Å². The fourth-order valence-corrected chi connectivity index (χ4v) is 3.44. The van der Waals surface area contributed by atoms with Crippen molar-refractivity contribution in [1.29, 1.82) is 0 Å². The Morgan fingerprint density at radius 3 is 2.55 bits per heavy atom. The van der Waals surface area contributed by atoms with Crippen molar-refractivity contribution in [2.24, 2.45) is 5.41 Å². The summed E-state index contributed by atoms with van der Waals surface area (Å²) in [5, 5.41) is 8.59. The molecule has 0 bridgehead atoms. The van der Waals surface area contributed by atoms with Gasteiger partial charge in [-0.2, -0.15) is 5.10 Å². The Labute approximate surface area is 124 Å². The molecule has 0 radical (unpaired) electrons. The number of nitrogens with one attached hydrogen (secondary N) is 1. The van der Waals surface area contributed by atoms with Crippen LogP contribution in [0.4, 0.5) is 0 Å². The Morgan fingerprint density at radius 1 is 1.30 bits per heavy atom. The Balaban J connectivity index is 2.28. The number of hydrogen-bond acceptors (Lipinski definition) is 2. The molecule has 0 amide bonds. The highest BCUT2D eigenvalue weighted by molar-refractivity contribution is 5.23. The molecular weight excluding hydrogens is 246 g/mol. The first-order chi connectivity index (χ1) is 9.35. The van der Waals surface area contributed by atoms with Crippen LogP contribution in [0.3, 0.4) is 0 Å². The second-order valence-electron chi connectivity index (χ2n) is 7.28. The topological polar surface area (TPSA) is 29.9 Å². The summed E-state index contributed by atoms with van der Waals surface area (Å²) in [4.78, 5) is 0. The maximum atomic E-state index is 4.83. The van der Waals surface area contributed by atoms with Crippen LogP contribution in [0.2, 0.25) is 0 Å². The smallest absolute Gasteiger partial charge is 0.0680 e. The van der Waals surface area contributed by atoms with E-state index in [-0.39, 0.29) is 0 Å². The molecule has 1 aliphatic rings. The fraction of sp³-hybridized carbons (Fsp3) is 0.824. The predicted molar refractivity (Wildman–Crippen MR) is 85.2 cm³/mol. The van der Waals surface area contributed by atoms with E-state index in [1.807, 2.05) is 0 Å². The van der Waals surface area contributed by atoms with E-state index >= 15 is 0 Å². The zero-order valence-electron chi connectivity index (χ0n) is 14.1. The molecule has 1 saturated carbocycles. The molecule has 2 unspecified atom stereocenters. The first-order valence-electron chi connectivity index (χ1n) is 8.11. The van der Waals surface area contributed by atoms with Crippen LogP contribution in [-0.4, -0.2) is 22.4 Å². The third-order valence-corrected chi connectivity index (χ3v) is 5.02. The van der Waals surface area contributed by atoms with Crippen LogP contribution in [-0.2, 0) is 0 Å². The van der Waals surface area contributed by atoms with Gasteiger partial charge in [0, 0.05) is 11.7 Å². The highest BCUT2D eigenvalue weighted by atomic mass is 15.3. The van der Waals surface area contributed by atoms with E-state index in [1.165, 1.54) is 42.6 Å². The van der Waals surface area contributed by atoms with Gasteiger partial charge in [0.05, 0.1) is 11.7 Å². The molecule has 1 N–H and O–H groups in total. The molecule has 3 heteroatoms. The molecule has 0 aliphatic heterocycles. The fourth-order valence-electron chi connectivity index (χ4n) is 3.44. The molecule has 0 aromatic carbocycles. The minimum Gasteiger partial charge on any atom is -0.312 e. The normalized spacial score (nSPS) is 25.9. The number of rotatable bonds is 4. The molecule has 2 rings (SSSR count). The van der Waals surface area contributed by atoms with Gasteiger partial charge in [-0.25, -0.2) is 0 Å². The van der Waals surface area contributed by atoms with Crippen molar-refractivity contribution in [2.45, 2.75) is 79.3 Å². The standard InChI is InChI=1S/C17H31N3/c1-7-10-18-15-8-9-17(5,6)11-16(15)20-14(4)12(2)13(3)19-20/h15-16,18H,7-11H2,1-6H3. The second kappa shape index (κ2) is 5.88. The summed E-state index contributed by atoms with van der Waals surface area (Å²) in [6.07, 6.45) is 4.98. The third-order valence-electron chi connectivity index (χ3n) is 5.02. The van der Waals surface area contributed by atoms with Crippen molar-refractivity contribution >= 4 is 0 Å². The van der Waals surface area contributed by atoms with E-state index in [0.717, 1.165) is 6.54 Å². The summed E-state index contributed by atoms with van der Waals surface area (Å²) >= 11 is 0. The van der Waals surface area contributed by atoms with E-state index in [4.69, 9.17) is 5.10 Å². The molecule has 114 valence electrons. The summed E-state index contributed by atoms with van der Waals surface area (Å²) < 4.78 is 2.30. The average Bonchev–Trinajstić information content (AvgIpc) is 2.64. The predicted octanol–water partition coefficient (Wildman–Crippen LogP) is 3.93. The Hall–Kier alpha value is -0.830. The molecule has 0 saturated heterocycles. The molecule has 3 nitrogen and oxygen atoms in total. The molecule has 1 aromatic rings. The lowest BCUT2D eigenvalue weighted by molar-refractivity contribution is 0.133. The van der Waals surface area contributed by atoms with Gasteiger partial charge in [-0.3, -0.25) is 4.68 Å². The van der Waals surface area contributed by atoms with E-state index in [9.17, 15) is 0 Å². The minimum atomic E-state index is 0.426. The molecule has 20 heavy (non-hydrogen) atoms. The van der Waals surface area contributed by atoms with E-state index in [2.05, 4.69) is 51.5 Å². The van der Waals surface area contributed by atoms with Crippen molar-refractivity contribution in [3.8, 4) is 0 Å². The largest absolute Gasteiger partial charge is 0.312 e. The average molecular weight is 277 g/mol. The highest BCUT2D eigenvalue weighted by Gasteiger charge is 2.36. The van der Waals surface area contributed by atoms with Gasteiger partial charge in [0.25, 0.3) is 0 Å². The summed E-state index contributed by atoms with van der Waals surface area (Å²) in [6, 6.07) is 1.07. The Kier molecular flexibility index (Phi) is 4.58. The van der Waals surface area contributed by atoms with Gasteiger partial charge in [0.2, 0.25) is 0 Å². The first-order valence-corrected chi connectivity index (χ1v) is 8.11. The van der Waals surface area contributed by atoms with Crippen LogP contribution >= 0.6 is 0 Å². The third kappa shape index (κ3) is 3.08. The van der Waals surface area contributed by atoms with Crippen LogP contribution < -0.4 is 5.32 Å². The lowest BCUT2D eigenvalue weighted by Gasteiger charge is -2.41. The Bertz CT molecular complexity index is 459. The maximum absolute atomic E-state index is 4.83. The second-order valence-corrected chi connectivity index (χ2v) is 7.28. The van der Waals surface area contributed by atoms with Crippen LogP contribution in [0.25, 0.3) is 0 Å². The van der Waals surface area contributed by atoms with E-state index in [1.54, 1.807) is 0 Å². The molecule has 1 aliphatic carbocycles. The van der Waals surface area contributed by atoms with Gasteiger partial charge in [-0.15, -0.1) is 0 Å². The summed E-state index contributed by atoms with van der Waals surface area (Å²) in [7, 11) is 0. The zero-order valence-corrected chi connectivity index (χ0v) is 14.1. The number of aryl methyl sites for hydroxylation is 1. The van der Waals surface area contributed by atoms with Gasteiger partial charge in [0.1, 0.15) is 0 Å². The number of aromatic nitrogens is 2. The van der Waals surface area contributed by atoms with Crippen molar-refractivity contribution in [1.82, 2.24) is 15.1 Å². The summed E-state index contributed by atoms with van der Waals surface area (Å²) in [6.45, 7) is 14.7. The SMILES string of the molecule is CCCNC1CCC(C)(C)CC1n1nc(C)c(C)c1C. The lowest BCUT2D eigenvalue weighted by atomic mass is 9.73. The monoisotopic (exact) mass is 277 g/mol. The maximum Gasteiger partial charge on any atom is 0.0680 e. The first kappa shape index (κ1) is 15.6. The molecule has 1 heterocycles. The minimum absolute atomic E-state index is 0.426. The molecule has 1 fully saturated rings. The highest BCUT2D eigenvalue weighted by Crippen LogP contribution is 2.41. The molecule has 1 aromatic heterocycles. The van der Waals surface area contributed by atoms with Gasteiger partial charge in [-0.1, -0.05) is 20.8 Å². The molecule has 2 atom stereocenters. The van der Waals surface area contributed by atoms with Crippen LogP contribution in [0.5, 0.6) is 0 Å². The van der Waals surface area contributed by atoms with Crippen molar-refractivity contribution < 1.29 is 0 Å². The number of hydrogen-bond donors (Lipinski definition) is 1. The van der Waals surface area contributed by atoms with Gasteiger partial charge >= 0.3 is 0 Å². The summed E-state index contributed by atoms with van der Waals surface area (Å²) in [5.74, 6) is 0. The Morgan fingerprint density at radius 2 is 2.00 bits per heavy atom. The molecular formula is C17H31N3. The summed E-state index contributed by atoms with van der Waals surface area (Å²) in [5.41, 5.74) is 4.30.